The number of carbonyl (C=O) groups excluding carboxylic acids is 2. The molecule has 27 heavy (non-hydrogen) atoms. The molecule has 0 saturated heterocycles. The van der Waals surface area contributed by atoms with Gasteiger partial charge in [-0.2, -0.15) is 0 Å². The average Bonchev–Trinajstić information content (AvgIpc) is 2.66. The first-order valence-corrected chi connectivity index (χ1v) is 8.64. The summed E-state index contributed by atoms with van der Waals surface area (Å²) in [5, 5.41) is 14.5. The Hall–Kier alpha value is -3.35. The molecule has 0 aliphatic carbocycles. The van der Waals surface area contributed by atoms with Crippen LogP contribution in [0.2, 0.25) is 0 Å². The first kappa shape index (κ1) is 18.4. The van der Waals surface area contributed by atoms with E-state index in [2.05, 4.69) is 10.6 Å². The summed E-state index contributed by atoms with van der Waals surface area (Å²) >= 11 is 0. The molecule has 1 atom stereocenters. The van der Waals surface area contributed by atoms with Crippen LogP contribution >= 0.6 is 0 Å². The lowest BCUT2D eigenvalue weighted by molar-refractivity contribution is -0.137. The molecule has 1 aliphatic heterocycles. The van der Waals surface area contributed by atoms with Crippen molar-refractivity contribution < 1.29 is 24.2 Å². The smallest absolute Gasteiger partial charge is 0.303 e. The highest BCUT2D eigenvalue weighted by atomic mass is 16.5. The highest BCUT2D eigenvalue weighted by Gasteiger charge is 2.20. The number of amides is 2. The van der Waals surface area contributed by atoms with E-state index in [0.717, 1.165) is 5.56 Å². The van der Waals surface area contributed by atoms with Crippen LogP contribution < -0.4 is 15.4 Å². The maximum atomic E-state index is 12.6. The molecule has 7 nitrogen and oxygen atoms in total. The Kier molecular flexibility index (Phi) is 5.71. The molecule has 2 amide bonds. The largest absolute Gasteiger partial charge is 0.482 e. The fraction of sp³-hybridized carbons (Fsp3) is 0.250. The summed E-state index contributed by atoms with van der Waals surface area (Å²) in [6.45, 7) is -0.0900. The Balaban J connectivity index is 1.71. The second-order valence-corrected chi connectivity index (χ2v) is 6.34. The van der Waals surface area contributed by atoms with Crippen molar-refractivity contribution in [1.29, 1.82) is 0 Å². The van der Waals surface area contributed by atoms with Crippen molar-refractivity contribution in [2.24, 2.45) is 0 Å². The minimum atomic E-state index is -0.903. The molecule has 0 bridgehead atoms. The quantitative estimate of drug-likeness (QED) is 0.695. The topological polar surface area (TPSA) is 105 Å². The molecule has 7 heteroatoms. The first-order valence-electron chi connectivity index (χ1n) is 8.64. The van der Waals surface area contributed by atoms with Gasteiger partial charge in [0.1, 0.15) is 5.75 Å². The molecule has 0 spiro atoms. The number of nitrogens with one attached hydrogen (secondary N) is 2. The van der Waals surface area contributed by atoms with Crippen LogP contribution in [0.5, 0.6) is 5.75 Å². The Bertz CT molecular complexity index is 851. The number of anilines is 1. The zero-order chi connectivity index (χ0) is 19.2. The number of carbonyl (C=O) groups is 3. The lowest BCUT2D eigenvalue weighted by Crippen LogP contribution is -2.37. The number of carboxylic acids is 1. The van der Waals surface area contributed by atoms with Crippen molar-refractivity contribution >= 4 is 23.5 Å². The maximum absolute atomic E-state index is 12.6. The third-order valence-corrected chi connectivity index (χ3v) is 4.24. The van der Waals surface area contributed by atoms with Crippen LogP contribution in [0, 0.1) is 0 Å². The van der Waals surface area contributed by atoms with E-state index in [9.17, 15) is 14.4 Å². The normalized spacial score (nSPS) is 13.7. The number of fused-ring (bicyclic) bond motifs is 1. The second kappa shape index (κ2) is 8.35. The molecule has 0 radical (unpaired) electrons. The van der Waals surface area contributed by atoms with Crippen LogP contribution in [0.3, 0.4) is 0 Å². The molecule has 2 aromatic carbocycles. The van der Waals surface area contributed by atoms with Gasteiger partial charge in [-0.3, -0.25) is 14.4 Å². The van der Waals surface area contributed by atoms with Crippen LogP contribution in [0.1, 0.15) is 28.8 Å². The number of aliphatic carboxylic acids is 1. The molecular weight excluding hydrogens is 348 g/mol. The summed E-state index contributed by atoms with van der Waals surface area (Å²) in [5.74, 6) is -1.02. The fourth-order valence-corrected chi connectivity index (χ4v) is 2.91. The van der Waals surface area contributed by atoms with Gasteiger partial charge in [0.05, 0.1) is 5.69 Å². The highest BCUT2D eigenvalue weighted by Crippen LogP contribution is 2.28. The van der Waals surface area contributed by atoms with E-state index in [1.54, 1.807) is 18.2 Å². The average molecular weight is 368 g/mol. The van der Waals surface area contributed by atoms with Crippen LogP contribution in [0.15, 0.2) is 48.5 Å². The van der Waals surface area contributed by atoms with E-state index in [1.165, 1.54) is 0 Å². The Labute approximate surface area is 156 Å². The summed E-state index contributed by atoms with van der Waals surface area (Å²) in [7, 11) is 0. The van der Waals surface area contributed by atoms with Crippen molar-refractivity contribution in [2.75, 3.05) is 11.9 Å². The highest BCUT2D eigenvalue weighted by molar-refractivity contribution is 5.99. The molecule has 0 fully saturated rings. The number of benzene rings is 2. The minimum absolute atomic E-state index is 0.0306. The summed E-state index contributed by atoms with van der Waals surface area (Å²) in [4.78, 5) is 34.9. The molecule has 3 N–H and O–H groups in total. The predicted octanol–water partition coefficient (Wildman–Crippen LogP) is 2.22. The van der Waals surface area contributed by atoms with Crippen LogP contribution in [-0.4, -0.2) is 35.5 Å². The van der Waals surface area contributed by atoms with E-state index >= 15 is 0 Å². The molecule has 3 rings (SSSR count). The van der Waals surface area contributed by atoms with E-state index in [-0.39, 0.29) is 30.9 Å². The van der Waals surface area contributed by atoms with Gasteiger partial charge in [0.2, 0.25) is 0 Å². The summed E-state index contributed by atoms with van der Waals surface area (Å²) < 4.78 is 5.34. The summed E-state index contributed by atoms with van der Waals surface area (Å²) in [6.07, 6.45) is 0.835. The second-order valence-electron chi connectivity index (χ2n) is 6.34. The van der Waals surface area contributed by atoms with E-state index in [0.29, 0.717) is 29.8 Å². The van der Waals surface area contributed by atoms with Gasteiger partial charge < -0.3 is 20.5 Å². The lowest BCUT2D eigenvalue weighted by atomic mass is 10.0. The standard InChI is InChI=1S/C20H20N2O5/c23-18-12-27-17-11-14(6-8-16(17)22-18)20(26)21-15(7-9-19(24)25)10-13-4-2-1-3-5-13/h1-6,8,11,15H,7,9-10,12H2,(H,21,26)(H,22,23)(H,24,25). The third kappa shape index (κ3) is 5.07. The number of hydrogen-bond acceptors (Lipinski definition) is 4. The maximum Gasteiger partial charge on any atom is 0.303 e. The molecule has 1 heterocycles. The van der Waals surface area contributed by atoms with Gasteiger partial charge in [0.15, 0.2) is 6.61 Å². The SMILES string of the molecule is O=C(O)CCC(Cc1ccccc1)NC(=O)c1ccc2c(c1)OCC(=O)N2. The van der Waals surface area contributed by atoms with E-state index < -0.39 is 5.97 Å². The first-order chi connectivity index (χ1) is 13.0. The minimum Gasteiger partial charge on any atom is -0.482 e. The zero-order valence-electron chi connectivity index (χ0n) is 14.6. The Morgan fingerprint density at radius 3 is 2.70 bits per heavy atom. The van der Waals surface area contributed by atoms with Gasteiger partial charge in [-0.25, -0.2) is 0 Å². The Morgan fingerprint density at radius 2 is 1.96 bits per heavy atom. The van der Waals surface area contributed by atoms with Crippen molar-refractivity contribution in [3.63, 3.8) is 0 Å². The summed E-state index contributed by atoms with van der Waals surface area (Å²) in [6, 6.07) is 14.1. The third-order valence-electron chi connectivity index (χ3n) is 4.24. The molecule has 2 aromatic rings. The molecular formula is C20H20N2O5. The van der Waals surface area contributed by atoms with Gasteiger partial charge in [0.25, 0.3) is 11.8 Å². The number of carboxylic acid groups (broad SMARTS) is 1. The van der Waals surface area contributed by atoms with E-state index in [4.69, 9.17) is 9.84 Å². The van der Waals surface area contributed by atoms with Crippen LogP contribution in [-0.2, 0) is 16.0 Å². The summed E-state index contributed by atoms with van der Waals surface area (Å²) in [5.41, 5.74) is 1.93. The molecule has 1 aliphatic rings. The van der Waals surface area contributed by atoms with Crippen LogP contribution in [0.4, 0.5) is 5.69 Å². The van der Waals surface area contributed by atoms with Gasteiger partial charge in [0, 0.05) is 18.0 Å². The fourth-order valence-electron chi connectivity index (χ4n) is 2.91. The van der Waals surface area contributed by atoms with Gasteiger partial charge in [-0.15, -0.1) is 0 Å². The number of rotatable bonds is 7. The van der Waals surface area contributed by atoms with Crippen molar-refractivity contribution in [1.82, 2.24) is 5.32 Å². The lowest BCUT2D eigenvalue weighted by Gasteiger charge is -2.20. The molecule has 1 unspecified atom stereocenters. The van der Waals surface area contributed by atoms with Crippen molar-refractivity contribution in [3.05, 3.63) is 59.7 Å². The number of hydrogen-bond donors (Lipinski definition) is 3. The number of ether oxygens (including phenoxy) is 1. The molecule has 0 aromatic heterocycles. The van der Waals surface area contributed by atoms with Crippen molar-refractivity contribution in [3.8, 4) is 5.75 Å². The van der Waals surface area contributed by atoms with E-state index in [1.807, 2.05) is 30.3 Å². The van der Waals surface area contributed by atoms with Gasteiger partial charge in [-0.1, -0.05) is 30.3 Å². The molecule has 0 saturated carbocycles. The van der Waals surface area contributed by atoms with Gasteiger partial charge in [-0.05, 0) is 36.6 Å². The van der Waals surface area contributed by atoms with Gasteiger partial charge >= 0.3 is 5.97 Å². The monoisotopic (exact) mass is 368 g/mol. The predicted molar refractivity (Wildman–Crippen MR) is 98.8 cm³/mol. The zero-order valence-corrected chi connectivity index (χ0v) is 14.6. The van der Waals surface area contributed by atoms with Crippen molar-refractivity contribution in [2.45, 2.75) is 25.3 Å². The van der Waals surface area contributed by atoms with Crippen LogP contribution in [0.25, 0.3) is 0 Å². The molecule has 140 valence electrons. The Morgan fingerprint density at radius 1 is 1.19 bits per heavy atom.